The number of hydrogen-bond acceptors (Lipinski definition) is 5. The molecule has 4 fully saturated rings. The number of nitrogens with one attached hydrogen (secondary N) is 2. The van der Waals surface area contributed by atoms with Gasteiger partial charge in [-0.2, -0.15) is 0 Å². The van der Waals surface area contributed by atoms with Crippen molar-refractivity contribution in [1.29, 1.82) is 0 Å². The minimum Gasteiger partial charge on any atom is -0.314 e. The second kappa shape index (κ2) is 36.0. The van der Waals surface area contributed by atoms with Gasteiger partial charge in [0.05, 0.1) is 0 Å². The summed E-state index contributed by atoms with van der Waals surface area (Å²) in [6.45, 7) is 45.5. The molecule has 41 heavy (non-hydrogen) atoms. The van der Waals surface area contributed by atoms with Gasteiger partial charge in [-0.15, -0.1) is 0 Å². The van der Waals surface area contributed by atoms with E-state index in [9.17, 15) is 0 Å². The first-order valence-corrected chi connectivity index (χ1v) is 18.4. The second-order valence-electron chi connectivity index (χ2n) is 11.5. The highest BCUT2D eigenvalue weighted by Gasteiger charge is 2.16. The fourth-order valence-electron chi connectivity index (χ4n) is 5.00. The first kappa shape index (κ1) is 47.7. The maximum Gasteiger partial charge on any atom is 0.0110 e. The largest absolute Gasteiger partial charge is 0.314 e. The number of likely N-dealkylation sites (tertiary alicyclic amines) is 2. The van der Waals surface area contributed by atoms with Crippen LogP contribution in [0, 0.1) is 5.92 Å². The summed E-state index contributed by atoms with van der Waals surface area (Å²) in [6, 6.07) is 3.09. The Labute approximate surface area is 263 Å². The molecule has 4 rings (SSSR count). The Morgan fingerprint density at radius 3 is 0.927 bits per heavy atom. The van der Waals surface area contributed by atoms with Crippen LogP contribution >= 0.6 is 0 Å². The van der Waals surface area contributed by atoms with Crippen LogP contribution in [0.3, 0.4) is 0 Å². The van der Waals surface area contributed by atoms with Gasteiger partial charge in [0.15, 0.2) is 0 Å². The SMILES string of the molecule is CC.CC.CC.CC.CC(C)C1CCCN1.CC(C)N1CCCC1.CC(C)N1CCCC1.CC(C)N1CCNCC1. The van der Waals surface area contributed by atoms with Crippen LogP contribution in [0.25, 0.3) is 0 Å². The highest BCUT2D eigenvalue weighted by atomic mass is 15.2. The quantitative estimate of drug-likeness (QED) is 0.344. The van der Waals surface area contributed by atoms with Gasteiger partial charge in [0.25, 0.3) is 0 Å². The first-order valence-electron chi connectivity index (χ1n) is 18.4. The molecule has 2 N–H and O–H groups in total. The van der Waals surface area contributed by atoms with E-state index in [1.165, 1.54) is 84.3 Å². The van der Waals surface area contributed by atoms with Crippen molar-refractivity contribution in [1.82, 2.24) is 25.3 Å². The zero-order valence-corrected chi connectivity index (χ0v) is 31.8. The lowest BCUT2D eigenvalue weighted by molar-refractivity contribution is 0.196. The number of piperazine rings is 1. The standard InChI is InChI=1S/C7H16N2.3C7H15N.4C2H6/c1-7(2)9-5-3-8-4-6-9;2*1-7(2)8-5-3-4-6-8;1-6(2)7-4-3-5-8-7;4*1-2/h7-8H,3-6H2,1-2H3;2*7H,3-6H2,1-2H3;6-8H,3-5H2,1-2H3;4*1-2H3. The third kappa shape index (κ3) is 28.3. The van der Waals surface area contributed by atoms with Crippen molar-refractivity contribution < 1.29 is 0 Å². The van der Waals surface area contributed by atoms with Crippen molar-refractivity contribution in [2.75, 3.05) is 58.9 Å². The van der Waals surface area contributed by atoms with Crippen molar-refractivity contribution in [3.8, 4) is 0 Å². The summed E-state index contributed by atoms with van der Waals surface area (Å²) in [6.07, 6.45) is 8.42. The van der Waals surface area contributed by atoms with Crippen molar-refractivity contribution in [2.24, 2.45) is 5.92 Å². The lowest BCUT2D eigenvalue weighted by atomic mass is 10.0. The minimum atomic E-state index is 0.729. The predicted molar refractivity (Wildman–Crippen MR) is 193 cm³/mol. The summed E-state index contributed by atoms with van der Waals surface area (Å²) < 4.78 is 0. The molecule has 4 heterocycles. The lowest BCUT2D eigenvalue weighted by Gasteiger charge is -2.30. The van der Waals surface area contributed by atoms with E-state index < -0.39 is 0 Å². The fourth-order valence-corrected chi connectivity index (χ4v) is 5.00. The third-order valence-corrected chi connectivity index (χ3v) is 7.53. The fraction of sp³-hybridized carbons (Fsp3) is 1.00. The summed E-state index contributed by atoms with van der Waals surface area (Å²) >= 11 is 0. The zero-order valence-electron chi connectivity index (χ0n) is 31.8. The normalized spacial score (nSPS) is 20.3. The summed E-state index contributed by atoms with van der Waals surface area (Å²) in [5.41, 5.74) is 0. The van der Waals surface area contributed by atoms with Gasteiger partial charge in [-0.1, -0.05) is 69.2 Å². The smallest absolute Gasteiger partial charge is 0.0110 e. The summed E-state index contributed by atoms with van der Waals surface area (Å²) in [4.78, 5) is 7.55. The third-order valence-electron chi connectivity index (χ3n) is 7.53. The van der Waals surface area contributed by atoms with Crippen LogP contribution in [0.4, 0.5) is 0 Å². The molecule has 0 bridgehead atoms. The average Bonchev–Trinajstić information content (AvgIpc) is 3.83. The van der Waals surface area contributed by atoms with Crippen molar-refractivity contribution in [2.45, 2.75) is 173 Å². The molecule has 1 unspecified atom stereocenters. The van der Waals surface area contributed by atoms with Crippen molar-refractivity contribution in [3.05, 3.63) is 0 Å². The molecule has 0 saturated carbocycles. The van der Waals surface area contributed by atoms with Crippen LogP contribution < -0.4 is 10.6 Å². The molecule has 4 saturated heterocycles. The van der Waals surface area contributed by atoms with Gasteiger partial charge in [0.2, 0.25) is 0 Å². The highest BCUT2D eigenvalue weighted by molar-refractivity contribution is 4.76. The maximum atomic E-state index is 3.46. The van der Waals surface area contributed by atoms with E-state index in [0.717, 1.165) is 43.2 Å². The monoisotopic (exact) mass is 588 g/mol. The Bertz CT molecular complexity index is 382. The molecule has 254 valence electrons. The van der Waals surface area contributed by atoms with Crippen LogP contribution in [0.5, 0.6) is 0 Å². The molecule has 1 atom stereocenters. The van der Waals surface area contributed by atoms with E-state index in [-0.39, 0.29) is 0 Å². The number of hydrogen-bond donors (Lipinski definition) is 2. The molecule has 5 heteroatoms. The molecule has 0 aromatic rings. The molecule has 4 aliphatic heterocycles. The van der Waals surface area contributed by atoms with E-state index in [1.54, 1.807) is 0 Å². The summed E-state index contributed by atoms with van der Waals surface area (Å²) in [5, 5.41) is 6.78. The Kier molecular flexibility index (Phi) is 41.9. The Morgan fingerprint density at radius 2 is 0.756 bits per heavy atom. The molecular formula is C36H85N5. The molecule has 0 spiro atoms. The minimum absolute atomic E-state index is 0.729. The Balaban J connectivity index is -0.000000206. The molecule has 4 aliphatic rings. The van der Waals surface area contributed by atoms with Crippen molar-refractivity contribution >= 4 is 0 Å². The Morgan fingerprint density at radius 1 is 0.439 bits per heavy atom. The number of rotatable bonds is 4. The van der Waals surface area contributed by atoms with Crippen LogP contribution in [0.2, 0.25) is 0 Å². The maximum absolute atomic E-state index is 3.46. The van der Waals surface area contributed by atoms with Crippen LogP contribution in [-0.4, -0.2) is 97.8 Å². The second-order valence-corrected chi connectivity index (χ2v) is 11.5. The molecule has 0 aliphatic carbocycles. The average molecular weight is 588 g/mol. The topological polar surface area (TPSA) is 33.8 Å². The number of nitrogens with zero attached hydrogens (tertiary/aromatic N) is 3. The molecule has 5 nitrogen and oxygen atoms in total. The first-order chi connectivity index (χ1) is 19.7. The molecule has 0 aromatic heterocycles. The molecule has 0 aromatic carbocycles. The molecular weight excluding hydrogens is 502 g/mol. The summed E-state index contributed by atoms with van der Waals surface area (Å²) in [5.74, 6) is 0.831. The Hall–Kier alpha value is -0.200. The van der Waals surface area contributed by atoms with E-state index >= 15 is 0 Å². The van der Waals surface area contributed by atoms with Gasteiger partial charge in [-0.3, -0.25) is 4.90 Å². The van der Waals surface area contributed by atoms with Gasteiger partial charge >= 0.3 is 0 Å². The van der Waals surface area contributed by atoms with Gasteiger partial charge in [0.1, 0.15) is 0 Å². The molecule has 0 amide bonds. The van der Waals surface area contributed by atoms with Gasteiger partial charge in [-0.25, -0.2) is 0 Å². The van der Waals surface area contributed by atoms with Crippen LogP contribution in [0.1, 0.15) is 149 Å². The van der Waals surface area contributed by atoms with E-state index in [0.29, 0.717) is 0 Å². The van der Waals surface area contributed by atoms with Gasteiger partial charge in [0, 0.05) is 50.3 Å². The lowest BCUT2D eigenvalue weighted by Crippen LogP contribution is -2.46. The van der Waals surface area contributed by atoms with Crippen LogP contribution in [-0.2, 0) is 0 Å². The predicted octanol–water partition coefficient (Wildman–Crippen LogP) is 8.78. The van der Waals surface area contributed by atoms with Gasteiger partial charge < -0.3 is 20.4 Å². The van der Waals surface area contributed by atoms with Gasteiger partial charge in [-0.05, 0) is 119 Å². The highest BCUT2D eigenvalue weighted by Crippen LogP contribution is 2.13. The zero-order chi connectivity index (χ0) is 32.6. The molecule has 0 radical (unpaired) electrons. The van der Waals surface area contributed by atoms with Crippen molar-refractivity contribution in [3.63, 3.8) is 0 Å². The van der Waals surface area contributed by atoms with E-state index in [4.69, 9.17) is 0 Å². The summed E-state index contributed by atoms with van der Waals surface area (Å²) in [7, 11) is 0. The van der Waals surface area contributed by atoms with E-state index in [1.807, 2.05) is 55.4 Å². The van der Waals surface area contributed by atoms with E-state index in [2.05, 4.69) is 80.7 Å². The van der Waals surface area contributed by atoms with Crippen LogP contribution in [0.15, 0.2) is 0 Å².